The lowest BCUT2D eigenvalue weighted by atomic mass is 10.1. The molecule has 0 atom stereocenters. The molecule has 0 fully saturated rings. The third-order valence-electron chi connectivity index (χ3n) is 2.27. The van der Waals surface area contributed by atoms with Gasteiger partial charge in [0.05, 0.1) is 0 Å². The van der Waals surface area contributed by atoms with Crippen molar-refractivity contribution < 1.29 is 5.11 Å². The Bertz CT molecular complexity index is 658. The molecule has 0 saturated heterocycles. The molecule has 4 nitrogen and oxygen atoms in total. The number of H-pyrrole nitrogens is 1. The standard InChI is InChI=1S/C11H7Cl2IN2O2/c12-6-2-1-5(7(13)4-6)3-8-15-10(17)9(14)11(18)16-8/h1-2,4H,3H2,(H2,15,16,17,18). The second-order valence-electron chi connectivity index (χ2n) is 3.56. The minimum absolute atomic E-state index is 0.165. The number of nitrogens with zero attached hydrogens (tertiary/aromatic N) is 1. The van der Waals surface area contributed by atoms with Gasteiger partial charge in [0.2, 0.25) is 5.88 Å². The number of nitrogens with one attached hydrogen (secondary N) is 1. The number of benzene rings is 1. The Hall–Kier alpha value is -0.790. The summed E-state index contributed by atoms with van der Waals surface area (Å²) in [6.07, 6.45) is 0.315. The quantitative estimate of drug-likeness (QED) is 0.767. The van der Waals surface area contributed by atoms with Crippen LogP contribution in [0.2, 0.25) is 10.0 Å². The fourth-order valence-corrected chi connectivity index (χ4v) is 2.15. The van der Waals surface area contributed by atoms with Crippen LogP contribution in [0.4, 0.5) is 0 Å². The summed E-state index contributed by atoms with van der Waals surface area (Å²) in [5.41, 5.74) is 0.396. The van der Waals surface area contributed by atoms with Crippen LogP contribution in [0.5, 0.6) is 5.88 Å². The molecule has 0 aliphatic heterocycles. The first-order valence-electron chi connectivity index (χ1n) is 4.89. The number of rotatable bonds is 2. The summed E-state index contributed by atoms with van der Waals surface area (Å²) in [5, 5.41) is 10.5. The van der Waals surface area contributed by atoms with Gasteiger partial charge in [-0.25, -0.2) is 0 Å². The van der Waals surface area contributed by atoms with Crippen molar-refractivity contribution in [1.29, 1.82) is 0 Å². The maximum absolute atomic E-state index is 11.5. The van der Waals surface area contributed by atoms with Gasteiger partial charge in [0, 0.05) is 16.5 Å². The van der Waals surface area contributed by atoms with Crippen LogP contribution in [-0.2, 0) is 6.42 Å². The zero-order chi connectivity index (χ0) is 13.3. The van der Waals surface area contributed by atoms with E-state index in [1.807, 2.05) is 0 Å². The van der Waals surface area contributed by atoms with E-state index in [2.05, 4.69) is 9.97 Å². The monoisotopic (exact) mass is 396 g/mol. The van der Waals surface area contributed by atoms with Crippen LogP contribution < -0.4 is 5.56 Å². The molecular formula is C11H7Cl2IN2O2. The van der Waals surface area contributed by atoms with E-state index in [1.54, 1.807) is 40.8 Å². The van der Waals surface area contributed by atoms with Gasteiger partial charge in [-0.2, -0.15) is 4.98 Å². The second kappa shape index (κ2) is 5.46. The van der Waals surface area contributed by atoms with E-state index in [0.29, 0.717) is 22.3 Å². The molecule has 94 valence electrons. The molecule has 1 heterocycles. The molecule has 0 radical (unpaired) electrons. The van der Waals surface area contributed by atoms with E-state index >= 15 is 0 Å². The predicted molar refractivity (Wildman–Crippen MR) is 78.5 cm³/mol. The maximum atomic E-state index is 11.5. The van der Waals surface area contributed by atoms with Gasteiger partial charge >= 0.3 is 0 Å². The lowest BCUT2D eigenvalue weighted by Gasteiger charge is -2.05. The average molecular weight is 397 g/mol. The molecule has 2 rings (SSSR count). The number of aromatic amines is 1. The van der Waals surface area contributed by atoms with E-state index < -0.39 is 0 Å². The summed E-state index contributed by atoms with van der Waals surface area (Å²) < 4.78 is 0.165. The van der Waals surface area contributed by atoms with Crippen LogP contribution in [0, 0.1) is 3.57 Å². The molecule has 18 heavy (non-hydrogen) atoms. The molecule has 1 aromatic heterocycles. The Labute approximate surface area is 126 Å². The number of halogens is 3. The minimum Gasteiger partial charge on any atom is -0.492 e. The predicted octanol–water partition coefficient (Wildman–Crippen LogP) is 2.98. The lowest BCUT2D eigenvalue weighted by Crippen LogP contribution is -2.14. The molecule has 7 heteroatoms. The smallest absolute Gasteiger partial charge is 0.268 e. The number of hydrogen-bond acceptors (Lipinski definition) is 3. The first kappa shape index (κ1) is 13.6. The Balaban J connectivity index is 2.37. The molecule has 0 spiro atoms. The zero-order valence-corrected chi connectivity index (χ0v) is 12.5. The molecule has 2 N–H and O–H groups in total. The SMILES string of the molecule is O=c1[nH]c(Cc2ccc(Cl)cc2Cl)nc(O)c1I. The van der Waals surface area contributed by atoms with E-state index in [1.165, 1.54) is 0 Å². The maximum Gasteiger partial charge on any atom is 0.268 e. The topological polar surface area (TPSA) is 66.0 Å². The summed E-state index contributed by atoms with van der Waals surface area (Å²) in [6.45, 7) is 0. The van der Waals surface area contributed by atoms with Crippen molar-refractivity contribution in [2.75, 3.05) is 0 Å². The van der Waals surface area contributed by atoms with Crippen LogP contribution in [0.15, 0.2) is 23.0 Å². The molecule has 2 aromatic rings. The third kappa shape index (κ3) is 2.96. The van der Waals surface area contributed by atoms with Crippen molar-refractivity contribution in [2.24, 2.45) is 0 Å². The van der Waals surface area contributed by atoms with Crippen molar-refractivity contribution in [3.05, 3.63) is 53.6 Å². The summed E-state index contributed by atoms with van der Waals surface area (Å²) in [6, 6.07) is 5.07. The first-order valence-corrected chi connectivity index (χ1v) is 6.72. The normalized spacial score (nSPS) is 10.6. The van der Waals surface area contributed by atoms with Gasteiger partial charge in [0.25, 0.3) is 5.56 Å². The Morgan fingerprint density at radius 2 is 2.11 bits per heavy atom. The molecular weight excluding hydrogens is 390 g/mol. The third-order valence-corrected chi connectivity index (χ3v) is 3.83. The molecule has 0 unspecified atom stereocenters. The molecule has 0 amide bonds. The lowest BCUT2D eigenvalue weighted by molar-refractivity contribution is 0.443. The van der Waals surface area contributed by atoms with Gasteiger partial charge in [0.15, 0.2) is 0 Å². The van der Waals surface area contributed by atoms with Crippen molar-refractivity contribution in [2.45, 2.75) is 6.42 Å². The summed E-state index contributed by atoms with van der Waals surface area (Å²) in [5.74, 6) is 0.0709. The first-order chi connectivity index (χ1) is 8.47. The zero-order valence-electron chi connectivity index (χ0n) is 8.88. The van der Waals surface area contributed by atoms with Gasteiger partial charge in [0.1, 0.15) is 9.39 Å². The van der Waals surface area contributed by atoms with E-state index in [-0.39, 0.29) is 15.0 Å². The average Bonchev–Trinajstić information content (AvgIpc) is 2.29. The fraction of sp³-hybridized carbons (Fsp3) is 0.0909. The van der Waals surface area contributed by atoms with Gasteiger partial charge in [-0.05, 0) is 40.3 Å². The van der Waals surface area contributed by atoms with Gasteiger partial charge < -0.3 is 10.1 Å². The molecule has 0 bridgehead atoms. The van der Waals surface area contributed by atoms with Crippen molar-refractivity contribution in [3.8, 4) is 5.88 Å². The van der Waals surface area contributed by atoms with E-state index in [9.17, 15) is 9.90 Å². The Morgan fingerprint density at radius 3 is 2.72 bits per heavy atom. The summed E-state index contributed by atoms with van der Waals surface area (Å²) in [7, 11) is 0. The fourth-order valence-electron chi connectivity index (χ4n) is 1.42. The highest BCUT2D eigenvalue weighted by Gasteiger charge is 2.09. The van der Waals surface area contributed by atoms with Crippen LogP contribution in [0.3, 0.4) is 0 Å². The Morgan fingerprint density at radius 1 is 1.39 bits per heavy atom. The summed E-state index contributed by atoms with van der Waals surface area (Å²) in [4.78, 5) is 17.9. The van der Waals surface area contributed by atoms with Crippen molar-refractivity contribution >= 4 is 45.8 Å². The van der Waals surface area contributed by atoms with Crippen LogP contribution >= 0.6 is 45.8 Å². The van der Waals surface area contributed by atoms with Crippen LogP contribution in [-0.4, -0.2) is 15.1 Å². The highest BCUT2D eigenvalue weighted by molar-refractivity contribution is 14.1. The number of hydrogen-bond donors (Lipinski definition) is 2. The minimum atomic E-state index is -0.372. The van der Waals surface area contributed by atoms with Crippen LogP contribution in [0.25, 0.3) is 0 Å². The summed E-state index contributed by atoms with van der Waals surface area (Å²) >= 11 is 13.5. The van der Waals surface area contributed by atoms with Crippen molar-refractivity contribution in [3.63, 3.8) is 0 Å². The highest BCUT2D eigenvalue weighted by atomic mass is 127. The van der Waals surface area contributed by atoms with Gasteiger partial charge in [-0.1, -0.05) is 29.3 Å². The molecule has 0 saturated carbocycles. The largest absolute Gasteiger partial charge is 0.492 e. The Kier molecular flexibility index (Phi) is 4.14. The highest BCUT2D eigenvalue weighted by Crippen LogP contribution is 2.23. The van der Waals surface area contributed by atoms with E-state index in [4.69, 9.17) is 23.2 Å². The molecule has 0 aliphatic rings. The van der Waals surface area contributed by atoms with Crippen LogP contribution in [0.1, 0.15) is 11.4 Å². The second-order valence-corrected chi connectivity index (χ2v) is 5.49. The van der Waals surface area contributed by atoms with Gasteiger partial charge in [-0.15, -0.1) is 0 Å². The number of aromatic nitrogens is 2. The van der Waals surface area contributed by atoms with Crippen molar-refractivity contribution in [1.82, 2.24) is 9.97 Å². The van der Waals surface area contributed by atoms with Gasteiger partial charge in [-0.3, -0.25) is 4.79 Å². The molecule has 1 aromatic carbocycles. The van der Waals surface area contributed by atoms with E-state index in [0.717, 1.165) is 5.56 Å². The molecule has 0 aliphatic carbocycles. The number of aromatic hydroxyl groups is 1.